The van der Waals surface area contributed by atoms with Gasteiger partial charge in [-0.1, -0.05) is 50.3 Å². The fourth-order valence-corrected chi connectivity index (χ4v) is 5.82. The summed E-state index contributed by atoms with van der Waals surface area (Å²) >= 11 is 1.63. The molecular formula is C27H36N4O3S. The lowest BCUT2D eigenvalue weighted by Crippen LogP contribution is -2.36. The minimum Gasteiger partial charge on any atom is -0.389 e. The molecule has 1 aliphatic heterocycles. The number of aliphatic hydroxyl groups is 1. The summed E-state index contributed by atoms with van der Waals surface area (Å²) in [5.74, 6) is 1.04. The zero-order chi connectivity index (χ0) is 24.8. The molecule has 2 N–H and O–H groups in total. The van der Waals surface area contributed by atoms with Crippen molar-refractivity contribution in [1.29, 1.82) is 0 Å². The van der Waals surface area contributed by atoms with Gasteiger partial charge in [0.1, 0.15) is 10.7 Å². The second kappa shape index (κ2) is 12.1. The molecule has 7 nitrogen and oxygen atoms in total. The molecule has 3 aromatic rings. The third-order valence-electron chi connectivity index (χ3n) is 6.08. The van der Waals surface area contributed by atoms with Crippen molar-refractivity contribution in [1.82, 2.24) is 19.8 Å². The summed E-state index contributed by atoms with van der Waals surface area (Å²) < 4.78 is 5.58. The molecule has 0 fully saturated rings. The molecule has 188 valence electrons. The first-order valence-corrected chi connectivity index (χ1v) is 13.1. The lowest BCUT2D eigenvalue weighted by Gasteiger charge is -2.26. The van der Waals surface area contributed by atoms with Crippen molar-refractivity contribution in [3.05, 3.63) is 75.2 Å². The van der Waals surface area contributed by atoms with Crippen LogP contribution in [0.5, 0.6) is 0 Å². The number of hydrogen-bond donors (Lipinski definition) is 2. The molecule has 1 atom stereocenters. The van der Waals surface area contributed by atoms with Crippen LogP contribution in [0.15, 0.2) is 47.8 Å². The van der Waals surface area contributed by atoms with Crippen molar-refractivity contribution in [2.24, 2.45) is 5.92 Å². The Kier molecular flexibility index (Phi) is 8.86. The highest BCUT2D eigenvalue weighted by Gasteiger charge is 2.24. The number of thiophene rings is 1. The van der Waals surface area contributed by atoms with Crippen molar-refractivity contribution in [3.63, 3.8) is 0 Å². The van der Waals surface area contributed by atoms with E-state index in [4.69, 9.17) is 9.72 Å². The molecule has 35 heavy (non-hydrogen) atoms. The van der Waals surface area contributed by atoms with Gasteiger partial charge in [-0.2, -0.15) is 0 Å². The van der Waals surface area contributed by atoms with Crippen LogP contribution in [0.25, 0.3) is 10.2 Å². The predicted octanol–water partition coefficient (Wildman–Crippen LogP) is 3.56. The fraction of sp³-hybridized carbons (Fsp3) is 0.481. The van der Waals surface area contributed by atoms with Gasteiger partial charge in [0.05, 0.1) is 24.6 Å². The molecule has 0 saturated carbocycles. The zero-order valence-electron chi connectivity index (χ0n) is 20.7. The summed E-state index contributed by atoms with van der Waals surface area (Å²) in [7, 11) is 0. The smallest absolute Gasteiger partial charge is 0.259 e. The second-order valence-corrected chi connectivity index (χ2v) is 10.8. The molecule has 0 aliphatic carbocycles. The number of ether oxygens (including phenoxy) is 1. The SMILES string of the molecule is C=CCN(Cc1nc2sc3c(c2c(=O)[nH]1)CCN(Cc1ccccc1)C3)CC(O)COCC(C)C. The third kappa shape index (κ3) is 6.86. The first-order valence-electron chi connectivity index (χ1n) is 12.3. The standard InChI is InChI=1S/C27H36N4O3S/c1-4-11-30(14-21(32)18-34-17-19(2)3)16-24-28-26(33)25-22-10-12-31(13-20-8-6-5-7-9-20)15-23(22)35-27(25)29-24/h4-9,19,21,32H,1,10-18H2,2-3H3,(H,28,29,33). The number of rotatable bonds is 12. The number of hydrogen-bond acceptors (Lipinski definition) is 7. The van der Waals surface area contributed by atoms with E-state index in [1.807, 2.05) is 11.0 Å². The van der Waals surface area contributed by atoms with Crippen LogP contribution in [0.2, 0.25) is 0 Å². The molecule has 1 aromatic carbocycles. The van der Waals surface area contributed by atoms with Gasteiger partial charge in [0, 0.05) is 44.2 Å². The largest absolute Gasteiger partial charge is 0.389 e. The first-order chi connectivity index (χ1) is 16.9. The van der Waals surface area contributed by atoms with E-state index in [-0.39, 0.29) is 12.2 Å². The lowest BCUT2D eigenvalue weighted by molar-refractivity contribution is 0.00837. The highest BCUT2D eigenvalue weighted by molar-refractivity contribution is 7.18. The summed E-state index contributed by atoms with van der Waals surface area (Å²) in [6.07, 6.45) is 2.04. The number of aromatic amines is 1. The van der Waals surface area contributed by atoms with Crippen LogP contribution < -0.4 is 5.56 Å². The van der Waals surface area contributed by atoms with Crippen molar-refractivity contribution in [3.8, 4) is 0 Å². The Labute approximate surface area is 211 Å². The molecule has 3 heterocycles. The van der Waals surface area contributed by atoms with Gasteiger partial charge >= 0.3 is 0 Å². The number of aliphatic hydroxyl groups excluding tert-OH is 1. The maximum Gasteiger partial charge on any atom is 0.259 e. The second-order valence-electron chi connectivity index (χ2n) is 9.71. The average Bonchev–Trinajstić information content (AvgIpc) is 3.17. The summed E-state index contributed by atoms with van der Waals surface area (Å²) in [6.45, 7) is 13.0. The zero-order valence-corrected chi connectivity index (χ0v) is 21.5. The van der Waals surface area contributed by atoms with Crippen molar-refractivity contribution in [2.75, 3.05) is 32.8 Å². The van der Waals surface area contributed by atoms with Crippen molar-refractivity contribution < 1.29 is 9.84 Å². The Morgan fingerprint density at radius 1 is 1.31 bits per heavy atom. The van der Waals surface area contributed by atoms with Crippen LogP contribution in [-0.2, 0) is 30.8 Å². The number of benzene rings is 1. The Bertz CT molecular complexity index is 1170. The van der Waals surface area contributed by atoms with Gasteiger partial charge in [0.15, 0.2) is 0 Å². The van der Waals surface area contributed by atoms with Crippen molar-refractivity contribution >= 4 is 21.6 Å². The Balaban J connectivity index is 1.46. The van der Waals surface area contributed by atoms with Crippen LogP contribution in [0, 0.1) is 5.92 Å². The van der Waals surface area contributed by atoms with E-state index in [9.17, 15) is 9.90 Å². The Morgan fingerprint density at radius 2 is 2.11 bits per heavy atom. The normalized spacial score (nSPS) is 15.1. The highest BCUT2D eigenvalue weighted by Crippen LogP contribution is 2.32. The fourth-order valence-electron chi connectivity index (χ4n) is 4.54. The average molecular weight is 497 g/mol. The number of fused-ring (bicyclic) bond motifs is 3. The van der Waals surface area contributed by atoms with Gasteiger partial charge in [-0.25, -0.2) is 4.98 Å². The molecule has 0 bridgehead atoms. The summed E-state index contributed by atoms with van der Waals surface area (Å²) in [6, 6.07) is 10.5. The maximum absolute atomic E-state index is 13.1. The molecule has 8 heteroatoms. The molecule has 4 rings (SSSR count). The monoisotopic (exact) mass is 496 g/mol. The van der Waals surface area contributed by atoms with E-state index in [1.165, 1.54) is 10.4 Å². The van der Waals surface area contributed by atoms with Crippen LogP contribution in [0.1, 0.15) is 35.7 Å². The van der Waals surface area contributed by atoms with E-state index in [1.54, 1.807) is 17.4 Å². The highest BCUT2D eigenvalue weighted by atomic mass is 32.1. The number of H-pyrrole nitrogens is 1. The van der Waals surface area contributed by atoms with E-state index in [2.05, 4.69) is 54.6 Å². The summed E-state index contributed by atoms with van der Waals surface area (Å²) in [4.78, 5) is 27.4. The van der Waals surface area contributed by atoms with Gasteiger partial charge in [-0.3, -0.25) is 14.6 Å². The number of nitrogens with zero attached hydrogens (tertiary/aromatic N) is 3. The third-order valence-corrected chi connectivity index (χ3v) is 7.19. The van der Waals surface area contributed by atoms with E-state index in [0.29, 0.717) is 38.0 Å². The molecule has 0 amide bonds. The molecular weight excluding hydrogens is 460 g/mol. The van der Waals surface area contributed by atoms with Gasteiger partial charge in [0.25, 0.3) is 5.56 Å². The van der Waals surface area contributed by atoms with Gasteiger partial charge in [-0.05, 0) is 23.5 Å². The van der Waals surface area contributed by atoms with E-state index >= 15 is 0 Å². The first kappa shape index (κ1) is 25.7. The summed E-state index contributed by atoms with van der Waals surface area (Å²) in [5, 5.41) is 11.1. The van der Waals surface area contributed by atoms with Crippen LogP contribution in [0.3, 0.4) is 0 Å². The van der Waals surface area contributed by atoms with Gasteiger partial charge < -0.3 is 14.8 Å². The molecule has 0 radical (unpaired) electrons. The topological polar surface area (TPSA) is 81.7 Å². The minimum absolute atomic E-state index is 0.0709. The van der Waals surface area contributed by atoms with Gasteiger partial charge in [-0.15, -0.1) is 17.9 Å². The Hall–Kier alpha value is -2.36. The van der Waals surface area contributed by atoms with Crippen LogP contribution >= 0.6 is 11.3 Å². The van der Waals surface area contributed by atoms with E-state index in [0.717, 1.165) is 41.8 Å². The number of aromatic nitrogens is 2. The molecule has 2 aromatic heterocycles. The van der Waals surface area contributed by atoms with E-state index < -0.39 is 6.10 Å². The molecule has 1 aliphatic rings. The quantitative estimate of drug-likeness (QED) is 0.373. The lowest BCUT2D eigenvalue weighted by atomic mass is 10.0. The molecule has 1 unspecified atom stereocenters. The maximum atomic E-state index is 13.1. The Morgan fingerprint density at radius 3 is 2.86 bits per heavy atom. The van der Waals surface area contributed by atoms with Crippen molar-refractivity contribution in [2.45, 2.75) is 46.0 Å². The summed E-state index contributed by atoms with van der Waals surface area (Å²) in [5.41, 5.74) is 2.38. The molecule has 0 saturated heterocycles. The minimum atomic E-state index is -0.617. The predicted molar refractivity (Wildman–Crippen MR) is 142 cm³/mol. The van der Waals surface area contributed by atoms with Crippen LogP contribution in [0.4, 0.5) is 0 Å². The number of nitrogens with one attached hydrogen (secondary N) is 1. The van der Waals surface area contributed by atoms with Crippen LogP contribution in [-0.4, -0.2) is 63.8 Å². The molecule has 0 spiro atoms. The van der Waals surface area contributed by atoms with Gasteiger partial charge in [0.2, 0.25) is 0 Å².